The molecule has 4 rings (SSSR count). The number of aliphatic hydroxyl groups excluding tert-OH is 1. The average molecular weight is 527 g/mol. The fourth-order valence-electron chi connectivity index (χ4n) is 3.60. The zero-order chi connectivity index (χ0) is 26.0. The van der Waals surface area contributed by atoms with Gasteiger partial charge in [-0.05, 0) is 35.9 Å². The summed E-state index contributed by atoms with van der Waals surface area (Å²) in [6.07, 6.45) is 0. The van der Waals surface area contributed by atoms with Gasteiger partial charge in [-0.1, -0.05) is 43.0 Å². The Labute approximate surface area is 209 Å². The first-order valence-corrected chi connectivity index (χ1v) is 12.8. The van der Waals surface area contributed by atoms with Crippen molar-refractivity contribution in [2.75, 3.05) is 10.5 Å². The van der Waals surface area contributed by atoms with E-state index in [1.54, 1.807) is 24.3 Å². The smallest absolute Gasteiger partial charge is 0.278 e. The number of sulfonamides is 1. The molecule has 0 aromatic heterocycles. The number of hydrogen-bond acceptors (Lipinski definition) is 7. The molecule has 0 unspecified atom stereocenters. The molecule has 0 aliphatic rings. The summed E-state index contributed by atoms with van der Waals surface area (Å²) < 4.78 is 42.3. The topological polar surface area (TPSA) is 130 Å². The number of anilines is 1. The molecule has 0 radical (unpaired) electrons. The fourth-order valence-corrected chi connectivity index (χ4v) is 5.46. The summed E-state index contributed by atoms with van der Waals surface area (Å²) >= 11 is 1.06. The van der Waals surface area contributed by atoms with E-state index in [1.165, 1.54) is 30.3 Å². The molecule has 0 saturated carbocycles. The molecule has 4 aromatic rings. The van der Waals surface area contributed by atoms with Crippen molar-refractivity contribution in [3.8, 4) is 16.9 Å². The maximum atomic E-state index is 13.3. The van der Waals surface area contributed by atoms with Crippen molar-refractivity contribution in [2.24, 2.45) is 0 Å². The lowest BCUT2D eigenvalue weighted by Crippen LogP contribution is -2.14. The van der Waals surface area contributed by atoms with E-state index in [-0.39, 0.29) is 33.4 Å². The molecule has 0 bridgehead atoms. The normalized spacial score (nSPS) is 11.4. The number of nitrogens with one attached hydrogen (secondary N) is 1. The Hall–Kier alpha value is -4.09. The summed E-state index contributed by atoms with van der Waals surface area (Å²) in [7, 11) is -4.30. The second kappa shape index (κ2) is 9.88. The maximum Gasteiger partial charge on any atom is 0.278 e. The Morgan fingerprint density at radius 2 is 1.72 bits per heavy atom. The zero-order valence-corrected chi connectivity index (χ0v) is 20.1. The molecule has 0 amide bonds. The van der Waals surface area contributed by atoms with Crippen LogP contribution in [-0.4, -0.2) is 29.3 Å². The van der Waals surface area contributed by atoms with Gasteiger partial charge in [0.05, 0.1) is 37.5 Å². The minimum Gasteiger partial charge on any atom is -0.512 e. The number of nitrogens with zero attached hydrogens (tertiary/aromatic N) is 1. The third-order valence-electron chi connectivity index (χ3n) is 5.25. The molecular weight excluding hydrogens is 507 g/mol. The number of aliphatic hydroxyl groups is 1. The molecule has 36 heavy (non-hydrogen) atoms. The number of thioether (sulfide) groups is 1. The van der Waals surface area contributed by atoms with E-state index in [9.17, 15) is 33.1 Å². The molecule has 0 fully saturated rings. The third kappa shape index (κ3) is 5.11. The van der Waals surface area contributed by atoms with Gasteiger partial charge in [0, 0.05) is 16.8 Å². The van der Waals surface area contributed by atoms with Crippen LogP contribution in [0.25, 0.3) is 21.9 Å². The highest BCUT2D eigenvalue weighted by Crippen LogP contribution is 2.41. The quantitative estimate of drug-likeness (QED) is 0.0816. The van der Waals surface area contributed by atoms with Gasteiger partial charge in [0.1, 0.15) is 11.6 Å². The minimum absolute atomic E-state index is 0.0785. The summed E-state index contributed by atoms with van der Waals surface area (Å²) in [6.45, 7) is 3.41. The molecule has 3 N–H and O–H groups in total. The number of aromatic hydroxyl groups is 1. The number of fused-ring (bicyclic) bond motifs is 1. The summed E-state index contributed by atoms with van der Waals surface area (Å²) in [5.74, 6) is -0.635. The fraction of sp³-hybridized carbons (Fsp3) is 0.0400. The molecule has 184 valence electrons. The highest BCUT2D eigenvalue weighted by Gasteiger charge is 2.24. The van der Waals surface area contributed by atoms with Crippen molar-refractivity contribution in [3.63, 3.8) is 0 Å². The Morgan fingerprint density at radius 1 is 1.06 bits per heavy atom. The number of nitro benzene ring substituents is 1. The van der Waals surface area contributed by atoms with Gasteiger partial charge < -0.3 is 10.2 Å². The standard InChI is InChI=1S/C25H19FN2O6S2/c1-15(29)14-35-24-13-22(20-4-2-3-5-21(20)25(24)30)27-36(33,34)18-10-11-19(23(12-18)28(31)32)16-6-8-17(26)9-7-16/h2-13,27,29-30H,1,14H2. The molecule has 0 aliphatic carbocycles. The predicted molar refractivity (Wildman–Crippen MR) is 137 cm³/mol. The van der Waals surface area contributed by atoms with Crippen LogP contribution < -0.4 is 4.72 Å². The van der Waals surface area contributed by atoms with Gasteiger partial charge in [0.15, 0.2) is 0 Å². The first kappa shape index (κ1) is 25.0. The first-order chi connectivity index (χ1) is 17.1. The molecule has 0 atom stereocenters. The van der Waals surface area contributed by atoms with Crippen LogP contribution in [0.4, 0.5) is 15.8 Å². The molecule has 0 aliphatic heterocycles. The Bertz CT molecular complexity index is 1610. The number of halogens is 1. The molecule has 0 heterocycles. The van der Waals surface area contributed by atoms with Crippen LogP contribution in [0.5, 0.6) is 5.75 Å². The second-order valence-corrected chi connectivity index (χ2v) is 10.4. The van der Waals surface area contributed by atoms with Crippen molar-refractivity contribution < 1.29 is 27.9 Å². The Balaban J connectivity index is 1.78. The minimum atomic E-state index is -4.30. The highest BCUT2D eigenvalue weighted by atomic mass is 32.2. The summed E-state index contributed by atoms with van der Waals surface area (Å²) in [5.41, 5.74) is 0.172. The molecule has 0 spiro atoms. The monoisotopic (exact) mass is 526 g/mol. The van der Waals surface area contributed by atoms with Crippen LogP contribution >= 0.6 is 11.8 Å². The summed E-state index contributed by atoms with van der Waals surface area (Å²) in [6, 6.07) is 16.5. The van der Waals surface area contributed by atoms with E-state index in [0.717, 1.165) is 30.0 Å². The van der Waals surface area contributed by atoms with Crippen LogP contribution in [-0.2, 0) is 10.0 Å². The van der Waals surface area contributed by atoms with Crippen molar-refractivity contribution in [1.82, 2.24) is 0 Å². The number of phenols is 1. The summed E-state index contributed by atoms with van der Waals surface area (Å²) in [4.78, 5) is 11.0. The number of nitro groups is 1. The number of phenolic OH excluding ortho intramolecular Hbond substituents is 1. The van der Waals surface area contributed by atoms with Gasteiger partial charge in [-0.15, -0.1) is 11.8 Å². The van der Waals surface area contributed by atoms with Gasteiger partial charge in [0.25, 0.3) is 15.7 Å². The van der Waals surface area contributed by atoms with E-state index in [0.29, 0.717) is 21.2 Å². The van der Waals surface area contributed by atoms with Crippen LogP contribution in [0.15, 0.2) is 94.9 Å². The van der Waals surface area contributed by atoms with Gasteiger partial charge in [-0.2, -0.15) is 0 Å². The molecule has 4 aromatic carbocycles. The highest BCUT2D eigenvalue weighted by molar-refractivity contribution is 7.99. The van der Waals surface area contributed by atoms with E-state index in [1.807, 2.05) is 0 Å². The third-order valence-corrected chi connectivity index (χ3v) is 7.71. The van der Waals surface area contributed by atoms with Crippen LogP contribution in [0.1, 0.15) is 0 Å². The van der Waals surface area contributed by atoms with Gasteiger partial charge in [-0.3, -0.25) is 14.8 Å². The van der Waals surface area contributed by atoms with Gasteiger partial charge in [-0.25, -0.2) is 12.8 Å². The molecular formula is C25H19FN2O6S2. The van der Waals surface area contributed by atoms with E-state index in [4.69, 9.17) is 0 Å². The molecule has 11 heteroatoms. The largest absolute Gasteiger partial charge is 0.512 e. The lowest BCUT2D eigenvalue weighted by atomic mass is 10.0. The van der Waals surface area contributed by atoms with Gasteiger partial charge >= 0.3 is 0 Å². The zero-order valence-electron chi connectivity index (χ0n) is 18.5. The molecule has 8 nitrogen and oxygen atoms in total. The van der Waals surface area contributed by atoms with Crippen LogP contribution in [0, 0.1) is 15.9 Å². The van der Waals surface area contributed by atoms with Crippen molar-refractivity contribution in [3.05, 3.63) is 101 Å². The predicted octanol–water partition coefficient (Wildman–Crippen LogP) is 6.22. The Kier molecular flexibility index (Phi) is 6.86. The van der Waals surface area contributed by atoms with E-state index in [2.05, 4.69) is 11.3 Å². The Morgan fingerprint density at radius 3 is 2.36 bits per heavy atom. The van der Waals surface area contributed by atoms with E-state index < -0.39 is 26.5 Å². The molecule has 0 saturated heterocycles. The van der Waals surface area contributed by atoms with Gasteiger partial charge in [0.2, 0.25) is 0 Å². The van der Waals surface area contributed by atoms with Crippen molar-refractivity contribution >= 4 is 43.9 Å². The van der Waals surface area contributed by atoms with Crippen molar-refractivity contribution in [2.45, 2.75) is 9.79 Å². The number of rotatable bonds is 8. The number of benzene rings is 4. The maximum absolute atomic E-state index is 13.3. The van der Waals surface area contributed by atoms with Crippen molar-refractivity contribution in [1.29, 1.82) is 0 Å². The van der Waals surface area contributed by atoms with E-state index >= 15 is 0 Å². The lowest BCUT2D eigenvalue weighted by Gasteiger charge is -2.15. The number of hydrogen-bond donors (Lipinski definition) is 3. The van der Waals surface area contributed by atoms with Crippen LogP contribution in [0.3, 0.4) is 0 Å². The summed E-state index contributed by atoms with van der Waals surface area (Å²) in [5, 5.41) is 32.6. The SMILES string of the molecule is C=C(O)CSc1cc(NS(=O)(=O)c2ccc(-c3ccc(F)cc3)c([N+](=O)[O-])c2)c2ccccc2c1O. The second-order valence-electron chi connectivity index (χ2n) is 7.72. The van der Waals surface area contributed by atoms with Crippen LogP contribution in [0.2, 0.25) is 0 Å². The first-order valence-electron chi connectivity index (χ1n) is 10.4. The lowest BCUT2D eigenvalue weighted by molar-refractivity contribution is -0.384. The average Bonchev–Trinajstić information content (AvgIpc) is 2.85.